The normalized spacial score (nSPS) is 11.9. The number of nitrogen functional groups attached to an aromatic ring is 1. The molecular formula is C12H20N4OS. The van der Waals surface area contributed by atoms with E-state index in [1.807, 2.05) is 18.7 Å². The molecule has 1 unspecified atom stereocenters. The number of nitrogens with one attached hydrogen (secondary N) is 2. The summed E-state index contributed by atoms with van der Waals surface area (Å²) in [5.41, 5.74) is 3.56. The first-order valence-corrected chi connectivity index (χ1v) is 7.14. The van der Waals surface area contributed by atoms with Crippen LogP contribution in [0.3, 0.4) is 0 Å². The lowest BCUT2D eigenvalue weighted by atomic mass is 10.2. The summed E-state index contributed by atoms with van der Waals surface area (Å²) in [4.78, 5) is 15.9. The minimum atomic E-state index is -0.146. The van der Waals surface area contributed by atoms with Crippen LogP contribution in [0.2, 0.25) is 0 Å². The van der Waals surface area contributed by atoms with E-state index < -0.39 is 0 Å². The molecule has 100 valence electrons. The van der Waals surface area contributed by atoms with Gasteiger partial charge in [-0.05, 0) is 37.0 Å². The van der Waals surface area contributed by atoms with E-state index in [4.69, 9.17) is 5.84 Å². The van der Waals surface area contributed by atoms with Crippen molar-refractivity contribution in [1.29, 1.82) is 0 Å². The zero-order valence-electron chi connectivity index (χ0n) is 10.8. The molecule has 1 rings (SSSR count). The van der Waals surface area contributed by atoms with Crippen molar-refractivity contribution < 1.29 is 4.79 Å². The van der Waals surface area contributed by atoms with Crippen LogP contribution in [0.25, 0.3) is 0 Å². The molecule has 1 aromatic heterocycles. The fourth-order valence-electron chi connectivity index (χ4n) is 1.39. The maximum absolute atomic E-state index is 11.9. The van der Waals surface area contributed by atoms with E-state index in [1.54, 1.807) is 12.1 Å². The maximum Gasteiger partial charge on any atom is 0.270 e. The Morgan fingerprint density at radius 1 is 1.56 bits per heavy atom. The van der Waals surface area contributed by atoms with Crippen LogP contribution in [0, 0.1) is 0 Å². The zero-order chi connectivity index (χ0) is 13.4. The third-order valence-corrected chi connectivity index (χ3v) is 3.37. The molecule has 0 spiro atoms. The van der Waals surface area contributed by atoms with E-state index in [-0.39, 0.29) is 11.9 Å². The molecule has 5 nitrogen and oxygen atoms in total. The van der Waals surface area contributed by atoms with E-state index >= 15 is 0 Å². The molecule has 0 aliphatic carbocycles. The number of nitrogens with zero attached hydrogens (tertiary/aromatic N) is 1. The monoisotopic (exact) mass is 268 g/mol. The first kappa shape index (κ1) is 14.8. The van der Waals surface area contributed by atoms with E-state index in [9.17, 15) is 4.79 Å². The van der Waals surface area contributed by atoms with Gasteiger partial charge in [-0.3, -0.25) is 10.6 Å². The lowest BCUT2D eigenvalue weighted by Crippen LogP contribution is -2.33. The smallest absolute Gasteiger partial charge is 0.270 e. The maximum atomic E-state index is 11.9. The van der Waals surface area contributed by atoms with Gasteiger partial charge in [0.25, 0.3) is 5.91 Å². The number of aromatic nitrogens is 1. The van der Waals surface area contributed by atoms with Gasteiger partial charge in [0, 0.05) is 6.04 Å². The number of nitrogens with two attached hydrogens (primary N) is 1. The average Bonchev–Trinajstić information content (AvgIpc) is 2.39. The molecule has 0 aliphatic rings. The van der Waals surface area contributed by atoms with E-state index in [0.29, 0.717) is 11.4 Å². The first-order valence-electron chi connectivity index (χ1n) is 5.98. The van der Waals surface area contributed by atoms with Crippen LogP contribution in [0.15, 0.2) is 18.3 Å². The van der Waals surface area contributed by atoms with Crippen molar-refractivity contribution in [2.45, 2.75) is 26.3 Å². The number of rotatable bonds is 7. The molecule has 4 N–H and O–H groups in total. The van der Waals surface area contributed by atoms with Crippen LogP contribution in [-0.2, 0) is 0 Å². The van der Waals surface area contributed by atoms with Gasteiger partial charge < -0.3 is 10.7 Å². The molecule has 6 heteroatoms. The summed E-state index contributed by atoms with van der Waals surface area (Å²) < 4.78 is 0. The van der Waals surface area contributed by atoms with E-state index in [2.05, 4.69) is 22.7 Å². The number of anilines is 1. The van der Waals surface area contributed by atoms with Crippen molar-refractivity contribution >= 4 is 23.4 Å². The summed E-state index contributed by atoms with van der Waals surface area (Å²) >= 11 is 1.88. The molecular weight excluding hydrogens is 248 g/mol. The predicted octanol–water partition coefficient (Wildman–Crippen LogP) is 1.63. The predicted molar refractivity (Wildman–Crippen MR) is 76.6 cm³/mol. The van der Waals surface area contributed by atoms with Gasteiger partial charge in [-0.25, -0.2) is 4.98 Å². The van der Waals surface area contributed by atoms with Crippen LogP contribution in [0.5, 0.6) is 0 Å². The minimum absolute atomic E-state index is 0.146. The van der Waals surface area contributed by atoms with E-state index in [0.717, 1.165) is 17.9 Å². The summed E-state index contributed by atoms with van der Waals surface area (Å²) in [7, 11) is 0. The lowest BCUT2D eigenvalue weighted by Gasteiger charge is -2.13. The van der Waals surface area contributed by atoms with Crippen LogP contribution < -0.4 is 16.6 Å². The Balaban J connectivity index is 2.43. The second kappa shape index (κ2) is 7.94. The molecule has 0 fully saturated rings. The molecule has 1 aromatic rings. The third kappa shape index (κ3) is 4.93. The summed E-state index contributed by atoms with van der Waals surface area (Å²) in [6.45, 7) is 4.13. The standard InChI is InChI=1S/C12H20N4OS/c1-3-18-7-6-9(2)15-12(17)11-5-4-10(16-13)8-14-11/h4-5,8-9,16H,3,6-7,13H2,1-2H3,(H,15,17). The number of hydrogen-bond acceptors (Lipinski definition) is 5. The molecule has 1 amide bonds. The van der Waals surface area contributed by atoms with Gasteiger partial charge in [-0.2, -0.15) is 11.8 Å². The van der Waals surface area contributed by atoms with Gasteiger partial charge in [-0.15, -0.1) is 0 Å². The van der Waals surface area contributed by atoms with Crippen molar-refractivity contribution in [3.63, 3.8) is 0 Å². The summed E-state index contributed by atoms with van der Waals surface area (Å²) in [6, 6.07) is 3.53. The van der Waals surface area contributed by atoms with Crippen LogP contribution >= 0.6 is 11.8 Å². The van der Waals surface area contributed by atoms with Crippen molar-refractivity contribution in [2.24, 2.45) is 5.84 Å². The highest BCUT2D eigenvalue weighted by Crippen LogP contribution is 2.06. The highest BCUT2D eigenvalue weighted by atomic mass is 32.2. The molecule has 0 aliphatic heterocycles. The zero-order valence-corrected chi connectivity index (χ0v) is 11.6. The van der Waals surface area contributed by atoms with Crippen molar-refractivity contribution in [1.82, 2.24) is 10.3 Å². The second-order valence-electron chi connectivity index (χ2n) is 3.94. The van der Waals surface area contributed by atoms with Gasteiger partial charge >= 0.3 is 0 Å². The highest BCUT2D eigenvalue weighted by molar-refractivity contribution is 7.99. The Kier molecular flexibility index (Phi) is 6.53. The number of hydrogen-bond donors (Lipinski definition) is 3. The Morgan fingerprint density at radius 3 is 2.89 bits per heavy atom. The first-order chi connectivity index (χ1) is 8.67. The largest absolute Gasteiger partial charge is 0.348 e. The third-order valence-electron chi connectivity index (χ3n) is 2.44. The summed E-state index contributed by atoms with van der Waals surface area (Å²) in [5, 5.41) is 2.93. The number of hydrazine groups is 1. The van der Waals surface area contributed by atoms with Crippen molar-refractivity contribution in [2.75, 3.05) is 16.9 Å². The summed E-state index contributed by atoms with van der Waals surface area (Å²) in [5.74, 6) is 7.25. The average molecular weight is 268 g/mol. The summed E-state index contributed by atoms with van der Waals surface area (Å²) in [6.07, 6.45) is 2.50. The number of pyridine rings is 1. The fourth-order valence-corrected chi connectivity index (χ4v) is 2.20. The Bertz CT molecular complexity index is 369. The number of carbonyl (C=O) groups excluding carboxylic acids is 1. The fraction of sp³-hybridized carbons (Fsp3) is 0.500. The van der Waals surface area contributed by atoms with Gasteiger partial charge in [0.15, 0.2) is 0 Å². The van der Waals surface area contributed by atoms with E-state index in [1.165, 1.54) is 6.20 Å². The molecule has 0 saturated heterocycles. The topological polar surface area (TPSA) is 80.0 Å². The Hall–Kier alpha value is -1.27. The van der Waals surface area contributed by atoms with Gasteiger partial charge in [0.1, 0.15) is 5.69 Å². The minimum Gasteiger partial charge on any atom is -0.348 e. The van der Waals surface area contributed by atoms with Crippen molar-refractivity contribution in [3.8, 4) is 0 Å². The van der Waals surface area contributed by atoms with Gasteiger partial charge in [-0.1, -0.05) is 6.92 Å². The van der Waals surface area contributed by atoms with Gasteiger partial charge in [0.05, 0.1) is 11.9 Å². The number of thioether (sulfide) groups is 1. The molecule has 0 bridgehead atoms. The van der Waals surface area contributed by atoms with Crippen LogP contribution in [0.4, 0.5) is 5.69 Å². The molecule has 0 saturated carbocycles. The Morgan fingerprint density at radius 2 is 2.33 bits per heavy atom. The highest BCUT2D eigenvalue weighted by Gasteiger charge is 2.10. The molecule has 1 atom stereocenters. The van der Waals surface area contributed by atoms with Crippen LogP contribution in [-0.4, -0.2) is 28.4 Å². The molecule has 1 heterocycles. The van der Waals surface area contributed by atoms with Crippen LogP contribution in [0.1, 0.15) is 30.8 Å². The molecule has 0 aromatic carbocycles. The SMILES string of the molecule is CCSCCC(C)NC(=O)c1ccc(NN)cn1. The molecule has 0 radical (unpaired) electrons. The second-order valence-corrected chi connectivity index (χ2v) is 5.33. The molecule has 18 heavy (non-hydrogen) atoms. The quantitative estimate of drug-likeness (QED) is 0.398. The number of carbonyl (C=O) groups is 1. The lowest BCUT2D eigenvalue weighted by molar-refractivity contribution is 0.0934. The Labute approximate surface area is 112 Å². The van der Waals surface area contributed by atoms with Gasteiger partial charge in [0.2, 0.25) is 0 Å². The number of amides is 1. The van der Waals surface area contributed by atoms with Crippen molar-refractivity contribution in [3.05, 3.63) is 24.0 Å².